The van der Waals surface area contributed by atoms with Gasteiger partial charge in [0.05, 0.1) is 4.90 Å². The Balaban J connectivity index is 1.67. The molecule has 3 N–H and O–H groups in total. The van der Waals surface area contributed by atoms with E-state index in [4.69, 9.17) is 5.14 Å². The molecule has 0 spiro atoms. The predicted octanol–water partition coefficient (Wildman–Crippen LogP) is 1.60. The zero-order valence-electron chi connectivity index (χ0n) is 14.5. The van der Waals surface area contributed by atoms with Crippen molar-refractivity contribution in [3.8, 4) is 0 Å². The predicted molar refractivity (Wildman–Crippen MR) is 101 cm³/mol. The van der Waals surface area contributed by atoms with Crippen molar-refractivity contribution < 1.29 is 13.6 Å². The minimum Gasteiger partial charge on any atom is -0.409 e. The molecule has 1 saturated heterocycles. The number of primary sulfonamides is 1. The van der Waals surface area contributed by atoms with Crippen LogP contribution in [-0.2, 0) is 10.0 Å². The van der Waals surface area contributed by atoms with Crippen LogP contribution in [0.2, 0.25) is 0 Å². The SMILES string of the molecule is Cc1ccc(/C(=N\O)N2CCN(c3ccc(S(N)(=O)=O)cc3)CC2)cc1. The van der Waals surface area contributed by atoms with Crippen LogP contribution < -0.4 is 10.0 Å². The molecule has 0 amide bonds. The second-order valence-corrected chi connectivity index (χ2v) is 7.86. The Kier molecular flexibility index (Phi) is 5.15. The number of amidine groups is 1. The molecule has 0 saturated carbocycles. The second-order valence-electron chi connectivity index (χ2n) is 6.30. The quantitative estimate of drug-likeness (QED) is 0.368. The van der Waals surface area contributed by atoms with Gasteiger partial charge in [0.2, 0.25) is 10.0 Å². The number of rotatable bonds is 3. The van der Waals surface area contributed by atoms with E-state index in [1.807, 2.05) is 36.1 Å². The summed E-state index contributed by atoms with van der Waals surface area (Å²) in [7, 11) is -3.68. The molecule has 3 rings (SSSR count). The summed E-state index contributed by atoms with van der Waals surface area (Å²) in [5.74, 6) is 0.564. The van der Waals surface area contributed by atoms with Gasteiger partial charge in [-0.15, -0.1) is 0 Å². The molecule has 7 nitrogen and oxygen atoms in total. The van der Waals surface area contributed by atoms with Gasteiger partial charge in [0.25, 0.3) is 0 Å². The van der Waals surface area contributed by atoms with Gasteiger partial charge in [0.15, 0.2) is 5.84 Å². The number of oxime groups is 1. The lowest BCUT2D eigenvalue weighted by Gasteiger charge is -2.37. The van der Waals surface area contributed by atoms with E-state index >= 15 is 0 Å². The number of sulfonamides is 1. The number of piperazine rings is 1. The standard InChI is InChI=1S/C18H22N4O3S/c1-14-2-4-15(5-3-14)18(20-23)22-12-10-21(11-13-22)16-6-8-17(9-7-16)26(19,24)25/h2-9,23H,10-13H2,1H3,(H2,19,24,25)/b20-18+. The molecule has 0 aromatic heterocycles. The van der Waals surface area contributed by atoms with E-state index in [2.05, 4.69) is 10.1 Å². The first kappa shape index (κ1) is 18.2. The number of benzene rings is 2. The maximum Gasteiger partial charge on any atom is 0.238 e. The van der Waals surface area contributed by atoms with Crippen LogP contribution >= 0.6 is 0 Å². The van der Waals surface area contributed by atoms with E-state index in [1.54, 1.807) is 12.1 Å². The zero-order chi connectivity index (χ0) is 18.7. The van der Waals surface area contributed by atoms with Crippen molar-refractivity contribution in [2.24, 2.45) is 10.3 Å². The summed E-state index contributed by atoms with van der Waals surface area (Å²) in [5.41, 5.74) is 2.97. The highest BCUT2D eigenvalue weighted by molar-refractivity contribution is 7.89. The molecular formula is C18H22N4O3S. The normalized spacial score (nSPS) is 16.0. The van der Waals surface area contributed by atoms with Crippen molar-refractivity contribution in [1.29, 1.82) is 0 Å². The van der Waals surface area contributed by atoms with Gasteiger partial charge < -0.3 is 15.0 Å². The van der Waals surface area contributed by atoms with Gasteiger partial charge >= 0.3 is 0 Å². The Morgan fingerprint density at radius 1 is 1.00 bits per heavy atom. The van der Waals surface area contributed by atoms with Crippen LogP contribution in [-0.4, -0.2) is 50.5 Å². The Hall–Kier alpha value is -2.58. The molecule has 1 aliphatic rings. The fourth-order valence-corrected chi connectivity index (χ4v) is 3.54. The van der Waals surface area contributed by atoms with Crippen LogP contribution in [0.4, 0.5) is 5.69 Å². The Morgan fingerprint density at radius 3 is 2.08 bits per heavy atom. The second kappa shape index (κ2) is 7.35. The first-order valence-electron chi connectivity index (χ1n) is 8.30. The van der Waals surface area contributed by atoms with Crippen molar-refractivity contribution in [2.75, 3.05) is 31.1 Å². The summed E-state index contributed by atoms with van der Waals surface area (Å²) in [6, 6.07) is 14.4. The summed E-state index contributed by atoms with van der Waals surface area (Å²) in [6.07, 6.45) is 0. The van der Waals surface area contributed by atoms with Crippen molar-refractivity contribution >= 4 is 21.5 Å². The van der Waals surface area contributed by atoms with Gasteiger partial charge in [0.1, 0.15) is 0 Å². The molecular weight excluding hydrogens is 352 g/mol. The van der Waals surface area contributed by atoms with Crippen LogP contribution in [0.15, 0.2) is 58.6 Å². The average Bonchev–Trinajstić information content (AvgIpc) is 2.64. The molecule has 1 aliphatic heterocycles. The summed E-state index contributed by atoms with van der Waals surface area (Å²) in [5, 5.41) is 18.1. The molecule has 2 aromatic rings. The van der Waals surface area contributed by atoms with E-state index < -0.39 is 10.0 Å². The maximum absolute atomic E-state index is 11.3. The minimum absolute atomic E-state index is 0.106. The first-order valence-corrected chi connectivity index (χ1v) is 9.85. The summed E-state index contributed by atoms with van der Waals surface area (Å²) < 4.78 is 22.7. The Labute approximate surface area is 153 Å². The number of hydrogen-bond acceptors (Lipinski definition) is 5. The van der Waals surface area contributed by atoms with Crippen LogP contribution in [0.25, 0.3) is 0 Å². The molecule has 0 unspecified atom stereocenters. The Bertz CT molecular complexity index is 885. The summed E-state index contributed by atoms with van der Waals surface area (Å²) in [6.45, 7) is 4.88. The van der Waals surface area contributed by atoms with E-state index in [0.717, 1.165) is 29.9 Å². The van der Waals surface area contributed by atoms with Crippen molar-refractivity contribution in [2.45, 2.75) is 11.8 Å². The van der Waals surface area contributed by atoms with Crippen molar-refractivity contribution in [3.05, 3.63) is 59.7 Å². The summed E-state index contributed by atoms with van der Waals surface area (Å²) >= 11 is 0. The average molecular weight is 374 g/mol. The monoisotopic (exact) mass is 374 g/mol. The number of anilines is 1. The number of hydrogen-bond donors (Lipinski definition) is 2. The minimum atomic E-state index is -3.68. The molecule has 26 heavy (non-hydrogen) atoms. The van der Waals surface area contributed by atoms with E-state index in [0.29, 0.717) is 18.9 Å². The first-order chi connectivity index (χ1) is 12.4. The molecule has 0 radical (unpaired) electrons. The molecule has 0 atom stereocenters. The third-order valence-corrected chi connectivity index (χ3v) is 5.44. The lowest BCUT2D eigenvalue weighted by molar-refractivity contribution is 0.296. The topological polar surface area (TPSA) is 99.2 Å². The fraction of sp³-hybridized carbons (Fsp3) is 0.278. The van der Waals surface area contributed by atoms with E-state index in [9.17, 15) is 13.6 Å². The van der Waals surface area contributed by atoms with Crippen LogP contribution in [0, 0.1) is 6.92 Å². The third-order valence-electron chi connectivity index (χ3n) is 4.51. The van der Waals surface area contributed by atoms with Crippen LogP contribution in [0.5, 0.6) is 0 Å². The number of aryl methyl sites for hydroxylation is 1. The summed E-state index contributed by atoms with van der Waals surface area (Å²) in [4.78, 5) is 4.31. The van der Waals surface area contributed by atoms with E-state index in [-0.39, 0.29) is 4.90 Å². The molecule has 138 valence electrons. The van der Waals surface area contributed by atoms with Gasteiger partial charge in [-0.3, -0.25) is 0 Å². The number of nitrogens with two attached hydrogens (primary N) is 1. The lowest BCUT2D eigenvalue weighted by Crippen LogP contribution is -2.49. The van der Waals surface area contributed by atoms with Gasteiger partial charge in [0, 0.05) is 37.4 Å². The van der Waals surface area contributed by atoms with Gasteiger partial charge in [-0.05, 0) is 31.2 Å². The molecule has 1 heterocycles. The highest BCUT2D eigenvalue weighted by Gasteiger charge is 2.22. The van der Waals surface area contributed by atoms with Gasteiger partial charge in [-0.2, -0.15) is 0 Å². The molecule has 0 aliphatic carbocycles. The molecule has 2 aromatic carbocycles. The van der Waals surface area contributed by atoms with Crippen molar-refractivity contribution in [3.63, 3.8) is 0 Å². The highest BCUT2D eigenvalue weighted by Crippen LogP contribution is 2.20. The van der Waals surface area contributed by atoms with Crippen molar-refractivity contribution in [1.82, 2.24) is 4.90 Å². The fourth-order valence-electron chi connectivity index (χ4n) is 3.03. The van der Waals surface area contributed by atoms with Crippen LogP contribution in [0.3, 0.4) is 0 Å². The van der Waals surface area contributed by atoms with Gasteiger partial charge in [-0.1, -0.05) is 35.0 Å². The molecule has 1 fully saturated rings. The van der Waals surface area contributed by atoms with Crippen LogP contribution in [0.1, 0.15) is 11.1 Å². The lowest BCUT2D eigenvalue weighted by atomic mass is 10.1. The van der Waals surface area contributed by atoms with Gasteiger partial charge in [-0.25, -0.2) is 13.6 Å². The smallest absolute Gasteiger partial charge is 0.238 e. The zero-order valence-corrected chi connectivity index (χ0v) is 15.4. The third kappa shape index (κ3) is 3.97. The molecule has 8 heteroatoms. The van der Waals surface area contributed by atoms with E-state index in [1.165, 1.54) is 12.1 Å². The Morgan fingerprint density at radius 2 is 1.58 bits per heavy atom. The maximum atomic E-state index is 11.3. The number of nitrogens with zero attached hydrogens (tertiary/aromatic N) is 3. The largest absolute Gasteiger partial charge is 0.409 e. The molecule has 0 bridgehead atoms. The highest BCUT2D eigenvalue weighted by atomic mass is 32.2.